The Balaban J connectivity index is 1.71. The van der Waals surface area contributed by atoms with E-state index in [-0.39, 0.29) is 12.5 Å². The fourth-order valence-corrected chi connectivity index (χ4v) is 4.67. The van der Waals surface area contributed by atoms with E-state index in [0.717, 1.165) is 5.75 Å². The quantitative estimate of drug-likeness (QED) is 0.589. The van der Waals surface area contributed by atoms with E-state index in [1.54, 1.807) is 23.6 Å². The van der Waals surface area contributed by atoms with Gasteiger partial charge in [-0.2, -0.15) is 11.8 Å². The van der Waals surface area contributed by atoms with E-state index in [1.165, 1.54) is 16.8 Å². The number of aliphatic hydroxyl groups is 1. The number of nitrogens with two attached hydrogens (primary N) is 1. The first-order valence-corrected chi connectivity index (χ1v) is 11.3. The second-order valence-electron chi connectivity index (χ2n) is 8.28. The molecule has 162 valence electrons. The zero-order valence-corrected chi connectivity index (χ0v) is 17.7. The maximum atomic E-state index is 12.6. The van der Waals surface area contributed by atoms with E-state index >= 15 is 0 Å². The smallest absolute Gasteiger partial charge is 0.328 e. The molecule has 0 aliphatic carbocycles. The number of thioether (sulfide) groups is 1. The van der Waals surface area contributed by atoms with Crippen molar-refractivity contribution >= 4 is 17.7 Å². The summed E-state index contributed by atoms with van der Waals surface area (Å²) >= 11 is 1.67. The highest BCUT2D eigenvalue weighted by molar-refractivity contribution is 7.98. The molecule has 29 heavy (non-hydrogen) atoms. The van der Waals surface area contributed by atoms with Gasteiger partial charge >= 0.3 is 5.69 Å². The monoisotopic (exact) mass is 426 g/mol. The number of aromatic amines is 1. The number of piperidine rings is 1. The Morgan fingerprint density at radius 2 is 2.14 bits per heavy atom. The van der Waals surface area contributed by atoms with Crippen LogP contribution in [0, 0.1) is 0 Å². The van der Waals surface area contributed by atoms with Crippen LogP contribution in [0.1, 0.15) is 38.6 Å². The number of amides is 1. The predicted octanol–water partition coefficient (Wildman–Crippen LogP) is -0.309. The standard InChI is InChI=1S/C19H30N4O5S/c1-18(27)12-28-19(11-14(18)23-7-3-15(24)21-17(23)26)5-8-22(9-6-19)16(25)13(20)4-10-29-2/h3,7,13-14,27H,4-6,8-12,20H2,1-2H3,(H,21,24,26)/t13-,14-,18-/m0/s1. The molecule has 10 heteroatoms. The van der Waals surface area contributed by atoms with E-state index in [1.807, 2.05) is 6.26 Å². The third kappa shape index (κ3) is 4.76. The summed E-state index contributed by atoms with van der Waals surface area (Å²) in [5, 5.41) is 10.8. The van der Waals surface area contributed by atoms with Gasteiger partial charge in [-0.05, 0) is 38.2 Å². The van der Waals surface area contributed by atoms with Crippen molar-refractivity contribution < 1.29 is 14.6 Å². The average Bonchev–Trinajstić information content (AvgIpc) is 2.69. The van der Waals surface area contributed by atoms with Crippen LogP contribution in [0.3, 0.4) is 0 Å². The minimum atomic E-state index is -1.25. The number of nitrogens with zero attached hydrogens (tertiary/aromatic N) is 2. The molecule has 9 nitrogen and oxygen atoms in total. The topological polar surface area (TPSA) is 131 Å². The highest BCUT2D eigenvalue weighted by Crippen LogP contribution is 2.43. The molecule has 3 heterocycles. The van der Waals surface area contributed by atoms with Crippen LogP contribution in [0.15, 0.2) is 21.9 Å². The van der Waals surface area contributed by atoms with Gasteiger partial charge in [0.2, 0.25) is 5.91 Å². The van der Waals surface area contributed by atoms with E-state index in [0.29, 0.717) is 38.8 Å². The first kappa shape index (κ1) is 22.1. The van der Waals surface area contributed by atoms with Crippen LogP contribution in [0.4, 0.5) is 0 Å². The SMILES string of the molecule is CSCC[C@H](N)C(=O)N1CCC2(CC1)C[C@H](n1ccc(=O)[nH]c1=O)[C@@](C)(O)CO2. The van der Waals surface area contributed by atoms with Crippen LogP contribution in [0.5, 0.6) is 0 Å². The minimum Gasteiger partial charge on any atom is -0.386 e. The van der Waals surface area contributed by atoms with Gasteiger partial charge in [0, 0.05) is 31.8 Å². The third-order valence-electron chi connectivity index (χ3n) is 6.08. The lowest BCUT2D eigenvalue weighted by Crippen LogP contribution is -2.59. The van der Waals surface area contributed by atoms with Gasteiger partial charge in [0.05, 0.1) is 24.3 Å². The number of likely N-dealkylation sites (tertiary alicyclic amines) is 1. The summed E-state index contributed by atoms with van der Waals surface area (Å²) in [4.78, 5) is 40.3. The molecule has 3 rings (SSSR count). The summed E-state index contributed by atoms with van der Waals surface area (Å²) in [7, 11) is 0. The summed E-state index contributed by atoms with van der Waals surface area (Å²) in [6.07, 6.45) is 5.70. The van der Waals surface area contributed by atoms with Crippen molar-refractivity contribution in [1.82, 2.24) is 14.5 Å². The van der Waals surface area contributed by atoms with Crippen molar-refractivity contribution in [3.8, 4) is 0 Å². The van der Waals surface area contributed by atoms with Crippen molar-refractivity contribution in [2.24, 2.45) is 5.73 Å². The molecule has 3 atom stereocenters. The maximum absolute atomic E-state index is 12.6. The molecule has 2 aliphatic rings. The highest BCUT2D eigenvalue weighted by Gasteiger charge is 2.49. The molecule has 0 radical (unpaired) electrons. The number of H-pyrrole nitrogens is 1. The molecule has 2 saturated heterocycles. The Hall–Kier alpha value is -1.62. The number of hydrogen-bond acceptors (Lipinski definition) is 7. The molecule has 0 saturated carbocycles. The van der Waals surface area contributed by atoms with Crippen molar-refractivity contribution in [2.45, 2.75) is 55.9 Å². The number of nitrogens with one attached hydrogen (secondary N) is 1. The number of ether oxygens (including phenoxy) is 1. The van der Waals surface area contributed by atoms with Crippen molar-refractivity contribution in [1.29, 1.82) is 0 Å². The molecule has 1 spiro atoms. The molecule has 2 aliphatic heterocycles. The van der Waals surface area contributed by atoms with Crippen molar-refractivity contribution in [3.63, 3.8) is 0 Å². The Bertz CT molecular complexity index is 843. The van der Waals surface area contributed by atoms with Gasteiger partial charge < -0.3 is 20.5 Å². The number of rotatable bonds is 5. The minimum absolute atomic E-state index is 0.0369. The van der Waals surface area contributed by atoms with Crippen LogP contribution < -0.4 is 17.0 Å². The zero-order chi connectivity index (χ0) is 21.2. The fraction of sp³-hybridized carbons (Fsp3) is 0.737. The number of carbonyl (C=O) groups excluding carboxylic acids is 1. The Labute approximate surface area is 173 Å². The molecule has 0 aromatic carbocycles. The normalized spacial score (nSPS) is 27.7. The van der Waals surface area contributed by atoms with E-state index in [9.17, 15) is 19.5 Å². The summed E-state index contributed by atoms with van der Waals surface area (Å²) < 4.78 is 7.46. The Kier molecular flexibility index (Phi) is 6.57. The zero-order valence-electron chi connectivity index (χ0n) is 16.9. The summed E-state index contributed by atoms with van der Waals surface area (Å²) in [6.45, 7) is 2.76. The van der Waals surface area contributed by atoms with E-state index in [2.05, 4.69) is 4.98 Å². The van der Waals surface area contributed by atoms with Crippen molar-refractivity contribution in [3.05, 3.63) is 33.1 Å². The lowest BCUT2D eigenvalue weighted by Gasteiger charge is -2.51. The number of hydrogen-bond donors (Lipinski definition) is 3. The van der Waals surface area contributed by atoms with Crippen LogP contribution in [0.25, 0.3) is 0 Å². The molecule has 1 amide bonds. The first-order chi connectivity index (χ1) is 13.7. The average molecular weight is 427 g/mol. The molecule has 1 aromatic heterocycles. The second-order valence-corrected chi connectivity index (χ2v) is 9.27. The van der Waals surface area contributed by atoms with Crippen molar-refractivity contribution in [2.75, 3.05) is 31.7 Å². The molecule has 1 aromatic rings. The van der Waals surface area contributed by atoms with Gasteiger partial charge in [0.1, 0.15) is 5.60 Å². The third-order valence-corrected chi connectivity index (χ3v) is 6.72. The van der Waals surface area contributed by atoms with Gasteiger partial charge in [-0.3, -0.25) is 19.1 Å². The van der Waals surface area contributed by atoms with Gasteiger partial charge in [-0.25, -0.2) is 4.79 Å². The summed E-state index contributed by atoms with van der Waals surface area (Å²) in [5.41, 5.74) is 3.23. The van der Waals surface area contributed by atoms with Gasteiger partial charge in [-0.1, -0.05) is 0 Å². The van der Waals surface area contributed by atoms with E-state index < -0.39 is 34.5 Å². The van der Waals surface area contributed by atoms with E-state index in [4.69, 9.17) is 10.5 Å². The van der Waals surface area contributed by atoms with Gasteiger partial charge in [0.25, 0.3) is 5.56 Å². The molecule has 2 fully saturated rings. The van der Waals surface area contributed by atoms with Crippen LogP contribution in [-0.4, -0.2) is 74.4 Å². The molecular formula is C19H30N4O5S. The Morgan fingerprint density at radius 1 is 1.45 bits per heavy atom. The second kappa shape index (κ2) is 8.63. The van der Waals surface area contributed by atoms with Gasteiger partial charge in [-0.15, -0.1) is 0 Å². The Morgan fingerprint density at radius 3 is 2.76 bits per heavy atom. The number of aromatic nitrogens is 2. The van der Waals surface area contributed by atoms with Gasteiger partial charge in [0.15, 0.2) is 0 Å². The molecule has 0 unspecified atom stereocenters. The largest absolute Gasteiger partial charge is 0.386 e. The molecular weight excluding hydrogens is 396 g/mol. The maximum Gasteiger partial charge on any atom is 0.328 e. The lowest BCUT2D eigenvalue weighted by atomic mass is 9.77. The predicted molar refractivity (Wildman–Crippen MR) is 111 cm³/mol. The molecule has 0 bridgehead atoms. The first-order valence-electron chi connectivity index (χ1n) is 9.89. The van der Waals surface area contributed by atoms with Crippen LogP contribution in [-0.2, 0) is 9.53 Å². The summed E-state index contributed by atoms with van der Waals surface area (Å²) in [6, 6.07) is 0.250. The molecule has 4 N–H and O–H groups in total. The number of carbonyl (C=O) groups is 1. The lowest BCUT2D eigenvalue weighted by molar-refractivity contribution is -0.202. The van der Waals surface area contributed by atoms with Crippen LogP contribution in [0.2, 0.25) is 0 Å². The van der Waals surface area contributed by atoms with Crippen LogP contribution >= 0.6 is 11.8 Å². The summed E-state index contributed by atoms with van der Waals surface area (Å²) in [5.74, 6) is 0.809. The fourth-order valence-electron chi connectivity index (χ4n) is 4.18. The highest BCUT2D eigenvalue weighted by atomic mass is 32.2.